The van der Waals surface area contributed by atoms with Gasteiger partial charge < -0.3 is 4.74 Å². The number of rotatable bonds is 10. The van der Waals surface area contributed by atoms with E-state index in [1.165, 1.54) is 27.8 Å². The van der Waals surface area contributed by atoms with Crippen LogP contribution >= 0.6 is 11.3 Å². The molecule has 0 bridgehead atoms. The Labute approximate surface area is 237 Å². The normalized spacial score (nSPS) is 11.6. The fraction of sp³-hybridized carbons (Fsp3) is 0.167. The molecular formula is C30H28N4O4S2. The molecule has 1 amide bonds. The molecule has 5 rings (SSSR count). The van der Waals surface area contributed by atoms with Crippen molar-refractivity contribution >= 4 is 42.6 Å². The number of carbonyl (C=O) groups is 1. The number of benzene rings is 3. The zero-order valence-corrected chi connectivity index (χ0v) is 23.7. The van der Waals surface area contributed by atoms with E-state index in [9.17, 15) is 13.2 Å². The van der Waals surface area contributed by atoms with Crippen LogP contribution in [0, 0.1) is 0 Å². The summed E-state index contributed by atoms with van der Waals surface area (Å²) in [5.74, 6) is 0.384. The first kappa shape index (κ1) is 27.4. The molecule has 0 aliphatic heterocycles. The highest BCUT2D eigenvalue weighted by atomic mass is 32.2. The summed E-state index contributed by atoms with van der Waals surface area (Å²) in [4.78, 5) is 24.4. The van der Waals surface area contributed by atoms with Crippen LogP contribution in [-0.4, -0.2) is 42.3 Å². The lowest BCUT2D eigenvalue weighted by Gasteiger charge is -2.22. The molecule has 0 saturated heterocycles. The van der Waals surface area contributed by atoms with Crippen LogP contribution in [0.1, 0.15) is 28.4 Å². The lowest BCUT2D eigenvalue weighted by atomic mass is 10.2. The number of aromatic nitrogens is 2. The fourth-order valence-corrected chi connectivity index (χ4v) is 6.65. The van der Waals surface area contributed by atoms with Gasteiger partial charge in [-0.3, -0.25) is 14.7 Å². The Hall–Kier alpha value is -4.12. The van der Waals surface area contributed by atoms with Crippen LogP contribution in [0.5, 0.6) is 5.75 Å². The lowest BCUT2D eigenvalue weighted by Crippen LogP contribution is -2.31. The van der Waals surface area contributed by atoms with Gasteiger partial charge in [0, 0.05) is 37.1 Å². The topological polar surface area (TPSA) is 92.7 Å². The molecular weight excluding hydrogens is 544 g/mol. The maximum absolute atomic E-state index is 13.8. The van der Waals surface area contributed by atoms with E-state index < -0.39 is 10.0 Å². The largest absolute Gasteiger partial charge is 0.497 e. The van der Waals surface area contributed by atoms with Crippen LogP contribution in [-0.2, 0) is 23.1 Å². The van der Waals surface area contributed by atoms with E-state index in [2.05, 4.69) is 4.98 Å². The first-order valence-electron chi connectivity index (χ1n) is 12.7. The first-order chi connectivity index (χ1) is 19.4. The van der Waals surface area contributed by atoms with Gasteiger partial charge in [0.2, 0.25) is 10.0 Å². The van der Waals surface area contributed by atoms with E-state index in [0.717, 1.165) is 21.3 Å². The van der Waals surface area contributed by atoms with Crippen LogP contribution in [0.2, 0.25) is 0 Å². The molecule has 0 saturated carbocycles. The number of hydrogen-bond donors (Lipinski definition) is 0. The second-order valence-electron chi connectivity index (χ2n) is 9.02. The SMILES string of the molecule is CCN(Cc1ccccc1)S(=O)(=O)c1ccc(C(=O)N(Cc2cccnc2)c2nc3cc(OC)ccc3s2)cc1. The number of hydrogen-bond acceptors (Lipinski definition) is 7. The maximum Gasteiger partial charge on any atom is 0.260 e. The van der Waals surface area contributed by atoms with Gasteiger partial charge in [-0.05, 0) is 53.6 Å². The fourth-order valence-electron chi connectivity index (χ4n) is 4.27. The molecule has 0 aliphatic rings. The zero-order valence-electron chi connectivity index (χ0n) is 22.1. The average Bonchev–Trinajstić information content (AvgIpc) is 3.42. The Morgan fingerprint density at radius 1 is 0.925 bits per heavy atom. The summed E-state index contributed by atoms with van der Waals surface area (Å²) in [5.41, 5.74) is 2.82. The second kappa shape index (κ2) is 12.0. The second-order valence-corrected chi connectivity index (χ2v) is 12.0. The van der Waals surface area contributed by atoms with Gasteiger partial charge in [0.25, 0.3) is 5.91 Å². The molecule has 5 aromatic rings. The third kappa shape index (κ3) is 5.89. The van der Waals surface area contributed by atoms with Crippen molar-refractivity contribution in [3.8, 4) is 5.75 Å². The number of carbonyl (C=O) groups excluding carboxylic acids is 1. The van der Waals surface area contributed by atoms with Crippen LogP contribution in [0.4, 0.5) is 5.13 Å². The molecule has 40 heavy (non-hydrogen) atoms. The number of anilines is 1. The molecule has 0 fully saturated rings. The predicted octanol–water partition coefficient (Wildman–Crippen LogP) is 5.76. The molecule has 0 radical (unpaired) electrons. The quantitative estimate of drug-likeness (QED) is 0.211. The maximum atomic E-state index is 13.8. The Kier molecular flexibility index (Phi) is 8.20. The van der Waals surface area contributed by atoms with Gasteiger partial charge in [-0.2, -0.15) is 4.31 Å². The number of nitrogens with zero attached hydrogens (tertiary/aromatic N) is 4. The molecule has 10 heteroatoms. The van der Waals surface area contributed by atoms with Gasteiger partial charge in [0.1, 0.15) is 5.75 Å². The van der Waals surface area contributed by atoms with Gasteiger partial charge in [-0.15, -0.1) is 0 Å². The van der Waals surface area contributed by atoms with Crippen molar-refractivity contribution in [1.82, 2.24) is 14.3 Å². The number of ether oxygens (including phenoxy) is 1. The Morgan fingerprint density at radius 3 is 2.35 bits per heavy atom. The average molecular weight is 573 g/mol. The van der Waals surface area contributed by atoms with Crippen LogP contribution in [0.25, 0.3) is 10.2 Å². The number of sulfonamides is 1. The summed E-state index contributed by atoms with van der Waals surface area (Å²) < 4.78 is 34.5. The van der Waals surface area contributed by atoms with Crippen molar-refractivity contribution in [2.45, 2.75) is 24.9 Å². The van der Waals surface area contributed by atoms with Crippen molar-refractivity contribution in [2.24, 2.45) is 0 Å². The first-order valence-corrected chi connectivity index (χ1v) is 14.9. The summed E-state index contributed by atoms with van der Waals surface area (Å²) in [6, 6.07) is 24.9. The number of methoxy groups -OCH3 is 1. The van der Waals surface area contributed by atoms with E-state index in [0.29, 0.717) is 23.0 Å². The highest BCUT2D eigenvalue weighted by Crippen LogP contribution is 2.33. The van der Waals surface area contributed by atoms with Crippen LogP contribution in [0.15, 0.2) is 102 Å². The van der Waals surface area contributed by atoms with E-state index >= 15 is 0 Å². The zero-order chi connectivity index (χ0) is 28.1. The Morgan fingerprint density at radius 2 is 1.68 bits per heavy atom. The van der Waals surface area contributed by atoms with Gasteiger partial charge in [0.05, 0.1) is 28.8 Å². The number of fused-ring (bicyclic) bond motifs is 1. The van der Waals surface area contributed by atoms with Gasteiger partial charge in [0.15, 0.2) is 5.13 Å². The van der Waals surface area contributed by atoms with Crippen molar-refractivity contribution in [3.05, 3.63) is 114 Å². The molecule has 2 heterocycles. The summed E-state index contributed by atoms with van der Waals surface area (Å²) >= 11 is 1.40. The minimum Gasteiger partial charge on any atom is -0.497 e. The summed E-state index contributed by atoms with van der Waals surface area (Å²) in [7, 11) is -2.16. The molecule has 3 aromatic carbocycles. The Balaban J connectivity index is 1.44. The standard InChI is InChI=1S/C30H28N4O4S2/c1-3-33(20-22-8-5-4-6-9-22)40(36,37)26-14-11-24(12-15-26)29(35)34(21-23-10-7-17-31-19-23)30-32-27-18-25(38-2)13-16-28(27)39-30/h4-19H,3,20-21H2,1-2H3. The van der Waals surface area contributed by atoms with E-state index in [1.54, 1.807) is 36.5 Å². The van der Waals surface area contributed by atoms with E-state index in [-0.39, 0.29) is 23.9 Å². The number of thiazole rings is 1. The molecule has 0 aliphatic carbocycles. The third-order valence-electron chi connectivity index (χ3n) is 6.42. The number of amides is 1. The molecule has 2 aromatic heterocycles. The van der Waals surface area contributed by atoms with E-state index in [4.69, 9.17) is 9.72 Å². The monoisotopic (exact) mass is 572 g/mol. The van der Waals surface area contributed by atoms with Gasteiger partial charge in [-0.1, -0.05) is 54.7 Å². The Bertz CT molecular complexity index is 1710. The number of pyridine rings is 1. The molecule has 8 nitrogen and oxygen atoms in total. The minimum absolute atomic E-state index is 0.132. The minimum atomic E-state index is -3.76. The van der Waals surface area contributed by atoms with Gasteiger partial charge in [-0.25, -0.2) is 13.4 Å². The molecule has 0 atom stereocenters. The van der Waals surface area contributed by atoms with Crippen LogP contribution in [0.3, 0.4) is 0 Å². The summed E-state index contributed by atoms with van der Waals surface area (Å²) in [5, 5.41) is 0.522. The van der Waals surface area contributed by atoms with Crippen molar-refractivity contribution in [3.63, 3.8) is 0 Å². The van der Waals surface area contributed by atoms with Gasteiger partial charge >= 0.3 is 0 Å². The lowest BCUT2D eigenvalue weighted by molar-refractivity contribution is 0.0985. The van der Waals surface area contributed by atoms with Crippen molar-refractivity contribution in [1.29, 1.82) is 0 Å². The predicted molar refractivity (Wildman–Crippen MR) is 157 cm³/mol. The van der Waals surface area contributed by atoms with Crippen molar-refractivity contribution in [2.75, 3.05) is 18.6 Å². The molecule has 0 N–H and O–H groups in total. The van der Waals surface area contributed by atoms with Crippen LogP contribution < -0.4 is 9.64 Å². The smallest absolute Gasteiger partial charge is 0.260 e. The van der Waals surface area contributed by atoms with E-state index in [1.807, 2.05) is 67.6 Å². The molecule has 0 spiro atoms. The van der Waals surface area contributed by atoms with Crippen molar-refractivity contribution < 1.29 is 17.9 Å². The molecule has 0 unspecified atom stereocenters. The summed E-state index contributed by atoms with van der Waals surface area (Å²) in [6.45, 7) is 2.65. The highest BCUT2D eigenvalue weighted by molar-refractivity contribution is 7.89. The highest BCUT2D eigenvalue weighted by Gasteiger charge is 2.26. The third-order valence-corrected chi connectivity index (χ3v) is 9.41. The summed E-state index contributed by atoms with van der Waals surface area (Å²) in [6.07, 6.45) is 3.38. The molecule has 204 valence electrons.